The number of benzene rings is 2. The predicted molar refractivity (Wildman–Crippen MR) is 94.5 cm³/mol. The van der Waals surface area contributed by atoms with Crippen LogP contribution in [0.15, 0.2) is 48.5 Å². The van der Waals surface area contributed by atoms with Crippen molar-refractivity contribution in [3.8, 4) is 0 Å². The van der Waals surface area contributed by atoms with Crippen molar-refractivity contribution in [1.82, 2.24) is 4.98 Å². The SMILES string of the molecule is COC(=O)c1ccc2nc(C)cc(Nc3ccc(C(=O)O)cc3)c2c1. The lowest BCUT2D eigenvalue weighted by atomic mass is 10.1. The molecule has 2 N–H and O–H groups in total. The van der Waals surface area contributed by atoms with E-state index in [-0.39, 0.29) is 5.56 Å². The minimum absolute atomic E-state index is 0.217. The van der Waals surface area contributed by atoms with E-state index in [1.165, 1.54) is 19.2 Å². The number of anilines is 2. The molecule has 25 heavy (non-hydrogen) atoms. The molecule has 0 aliphatic rings. The van der Waals surface area contributed by atoms with Gasteiger partial charge >= 0.3 is 11.9 Å². The van der Waals surface area contributed by atoms with Crippen LogP contribution in [0.25, 0.3) is 10.9 Å². The molecule has 0 amide bonds. The van der Waals surface area contributed by atoms with Crippen molar-refractivity contribution in [3.05, 3.63) is 65.4 Å². The number of esters is 1. The molecule has 0 saturated heterocycles. The van der Waals surface area contributed by atoms with Gasteiger partial charge in [-0.2, -0.15) is 0 Å². The number of aromatic nitrogens is 1. The van der Waals surface area contributed by atoms with Crippen molar-refractivity contribution in [3.63, 3.8) is 0 Å². The molecule has 0 unspecified atom stereocenters. The monoisotopic (exact) mass is 336 g/mol. The first-order valence-electron chi connectivity index (χ1n) is 7.58. The smallest absolute Gasteiger partial charge is 0.337 e. The molecule has 3 rings (SSSR count). The van der Waals surface area contributed by atoms with Crippen LogP contribution in [0.5, 0.6) is 0 Å². The summed E-state index contributed by atoms with van der Waals surface area (Å²) in [4.78, 5) is 27.2. The molecule has 6 nitrogen and oxygen atoms in total. The highest BCUT2D eigenvalue weighted by molar-refractivity contribution is 5.99. The fourth-order valence-corrected chi connectivity index (χ4v) is 2.56. The van der Waals surface area contributed by atoms with Gasteiger partial charge in [-0.1, -0.05) is 0 Å². The standard InChI is InChI=1S/C19H16N2O4/c1-11-9-17(21-14-6-3-12(4-7-14)18(22)23)15-10-13(19(24)25-2)5-8-16(15)20-11/h3-10H,1-2H3,(H,20,21)(H,22,23). The van der Waals surface area contributed by atoms with E-state index in [0.29, 0.717) is 5.56 Å². The number of hydrogen-bond acceptors (Lipinski definition) is 5. The van der Waals surface area contributed by atoms with Crippen LogP contribution in [-0.2, 0) is 4.74 Å². The number of pyridine rings is 1. The lowest BCUT2D eigenvalue weighted by molar-refractivity contribution is 0.0600. The lowest BCUT2D eigenvalue weighted by Gasteiger charge is -2.12. The van der Waals surface area contributed by atoms with Gasteiger partial charge in [-0.3, -0.25) is 4.98 Å². The number of aromatic carboxylic acids is 1. The summed E-state index contributed by atoms with van der Waals surface area (Å²) >= 11 is 0. The zero-order chi connectivity index (χ0) is 18.0. The molecule has 0 bridgehead atoms. The van der Waals surface area contributed by atoms with E-state index in [4.69, 9.17) is 9.84 Å². The van der Waals surface area contributed by atoms with Gasteiger partial charge in [0, 0.05) is 22.5 Å². The number of fused-ring (bicyclic) bond motifs is 1. The Labute approximate surface area is 144 Å². The number of methoxy groups -OCH3 is 1. The number of carboxylic acid groups (broad SMARTS) is 1. The summed E-state index contributed by atoms with van der Waals surface area (Å²) < 4.78 is 4.77. The number of carbonyl (C=O) groups is 2. The molecule has 0 radical (unpaired) electrons. The maximum absolute atomic E-state index is 11.8. The van der Waals surface area contributed by atoms with Gasteiger partial charge in [0.05, 0.1) is 23.8 Å². The van der Waals surface area contributed by atoms with Gasteiger partial charge < -0.3 is 15.2 Å². The number of ether oxygens (including phenoxy) is 1. The van der Waals surface area contributed by atoms with Gasteiger partial charge in [-0.05, 0) is 55.5 Å². The van der Waals surface area contributed by atoms with Crippen LogP contribution in [0.1, 0.15) is 26.4 Å². The Hall–Kier alpha value is -3.41. The molecule has 3 aromatic rings. The molecule has 0 atom stereocenters. The Balaban J connectivity index is 2.04. The van der Waals surface area contributed by atoms with E-state index in [9.17, 15) is 9.59 Å². The van der Waals surface area contributed by atoms with E-state index in [1.54, 1.807) is 30.3 Å². The van der Waals surface area contributed by atoms with Crippen molar-refractivity contribution < 1.29 is 19.4 Å². The Kier molecular flexibility index (Phi) is 4.35. The minimum Gasteiger partial charge on any atom is -0.478 e. The predicted octanol–water partition coefficient (Wildman–Crippen LogP) is 3.77. The average molecular weight is 336 g/mol. The van der Waals surface area contributed by atoms with E-state index < -0.39 is 11.9 Å². The second kappa shape index (κ2) is 6.60. The van der Waals surface area contributed by atoms with Crippen LogP contribution in [0.3, 0.4) is 0 Å². The highest BCUT2D eigenvalue weighted by Crippen LogP contribution is 2.28. The van der Waals surface area contributed by atoms with E-state index in [1.807, 2.05) is 13.0 Å². The molecule has 2 aromatic carbocycles. The second-order valence-electron chi connectivity index (χ2n) is 5.54. The summed E-state index contributed by atoms with van der Waals surface area (Å²) in [6.07, 6.45) is 0. The van der Waals surface area contributed by atoms with E-state index >= 15 is 0 Å². The zero-order valence-electron chi connectivity index (χ0n) is 13.7. The Morgan fingerprint density at radius 3 is 2.36 bits per heavy atom. The van der Waals surface area contributed by atoms with E-state index in [0.717, 1.165) is 28.0 Å². The number of nitrogens with zero attached hydrogens (tertiary/aromatic N) is 1. The Morgan fingerprint density at radius 1 is 1.04 bits per heavy atom. The van der Waals surface area contributed by atoms with Crippen molar-refractivity contribution in [1.29, 1.82) is 0 Å². The largest absolute Gasteiger partial charge is 0.478 e. The van der Waals surface area contributed by atoms with Crippen molar-refractivity contribution in [2.75, 3.05) is 12.4 Å². The molecular formula is C19H16N2O4. The van der Waals surface area contributed by atoms with Crippen LogP contribution in [0.2, 0.25) is 0 Å². The maximum Gasteiger partial charge on any atom is 0.337 e. The summed E-state index contributed by atoms with van der Waals surface area (Å²) in [7, 11) is 1.34. The number of hydrogen-bond donors (Lipinski definition) is 2. The third-order valence-corrected chi connectivity index (χ3v) is 3.77. The third-order valence-electron chi connectivity index (χ3n) is 3.77. The van der Waals surface area contributed by atoms with Crippen LogP contribution in [-0.4, -0.2) is 29.1 Å². The van der Waals surface area contributed by atoms with Gasteiger partial charge in [-0.25, -0.2) is 9.59 Å². The summed E-state index contributed by atoms with van der Waals surface area (Å²) in [5.41, 5.74) is 3.73. The molecule has 0 aliphatic heterocycles. The molecule has 0 spiro atoms. The molecular weight excluding hydrogens is 320 g/mol. The van der Waals surface area contributed by atoms with Crippen LogP contribution < -0.4 is 5.32 Å². The molecule has 0 saturated carbocycles. The van der Waals surface area contributed by atoms with Crippen LogP contribution in [0, 0.1) is 6.92 Å². The second-order valence-corrected chi connectivity index (χ2v) is 5.54. The third kappa shape index (κ3) is 3.42. The first-order chi connectivity index (χ1) is 12.0. The normalized spacial score (nSPS) is 10.5. The quantitative estimate of drug-likeness (QED) is 0.705. The van der Waals surface area contributed by atoms with Crippen molar-refractivity contribution in [2.24, 2.45) is 0 Å². The summed E-state index contributed by atoms with van der Waals surface area (Å²) in [6, 6.07) is 13.5. The van der Waals surface area contributed by atoms with Crippen LogP contribution in [0.4, 0.5) is 11.4 Å². The van der Waals surface area contributed by atoms with Gasteiger partial charge in [0.1, 0.15) is 0 Å². The average Bonchev–Trinajstić information content (AvgIpc) is 2.61. The fourth-order valence-electron chi connectivity index (χ4n) is 2.56. The number of carboxylic acids is 1. The number of aryl methyl sites for hydroxylation is 1. The lowest BCUT2D eigenvalue weighted by Crippen LogP contribution is -2.02. The zero-order valence-corrected chi connectivity index (χ0v) is 13.7. The number of rotatable bonds is 4. The minimum atomic E-state index is -0.973. The molecule has 6 heteroatoms. The number of carbonyl (C=O) groups excluding carboxylic acids is 1. The van der Waals surface area contributed by atoms with Gasteiger partial charge in [0.15, 0.2) is 0 Å². The first kappa shape index (κ1) is 16.4. The van der Waals surface area contributed by atoms with Crippen molar-refractivity contribution >= 4 is 34.2 Å². The molecule has 126 valence electrons. The highest BCUT2D eigenvalue weighted by atomic mass is 16.5. The maximum atomic E-state index is 11.8. The molecule has 0 aliphatic carbocycles. The molecule has 1 aromatic heterocycles. The summed E-state index contributed by atoms with van der Waals surface area (Å²) in [5.74, 6) is -1.39. The summed E-state index contributed by atoms with van der Waals surface area (Å²) in [5, 5.41) is 13.0. The van der Waals surface area contributed by atoms with Crippen LogP contribution >= 0.6 is 0 Å². The summed E-state index contributed by atoms with van der Waals surface area (Å²) in [6.45, 7) is 1.88. The first-order valence-corrected chi connectivity index (χ1v) is 7.58. The molecule has 1 heterocycles. The Bertz CT molecular complexity index is 965. The van der Waals surface area contributed by atoms with Crippen molar-refractivity contribution in [2.45, 2.75) is 6.92 Å². The highest BCUT2D eigenvalue weighted by Gasteiger charge is 2.11. The fraction of sp³-hybridized carbons (Fsp3) is 0.105. The van der Waals surface area contributed by atoms with E-state index in [2.05, 4.69) is 10.3 Å². The number of nitrogens with one attached hydrogen (secondary N) is 1. The van der Waals surface area contributed by atoms with Gasteiger partial charge in [-0.15, -0.1) is 0 Å². The van der Waals surface area contributed by atoms with Gasteiger partial charge in [0.2, 0.25) is 0 Å². The Morgan fingerprint density at radius 2 is 1.72 bits per heavy atom. The molecule has 0 fully saturated rings. The topological polar surface area (TPSA) is 88.5 Å². The van der Waals surface area contributed by atoms with Gasteiger partial charge in [0.25, 0.3) is 0 Å².